The monoisotopic (exact) mass is 262 g/mol. The second-order valence-corrected chi connectivity index (χ2v) is 5.07. The Kier molecular flexibility index (Phi) is 2.73. The van der Waals surface area contributed by atoms with Gasteiger partial charge in [0.05, 0.1) is 0 Å². The number of rotatable bonds is 1. The van der Waals surface area contributed by atoms with Crippen LogP contribution >= 0.6 is 23.8 Å². The fraction of sp³-hybridized carbons (Fsp3) is 0.231. The normalized spacial score (nSPS) is 13.7. The van der Waals surface area contributed by atoms with E-state index in [1.165, 1.54) is 30.4 Å². The molecule has 1 aromatic carbocycles. The van der Waals surface area contributed by atoms with Gasteiger partial charge in [0.2, 0.25) is 0 Å². The van der Waals surface area contributed by atoms with E-state index in [9.17, 15) is 0 Å². The fourth-order valence-electron chi connectivity index (χ4n) is 2.34. The minimum Gasteiger partial charge on any atom is -0.266 e. The first-order valence-corrected chi connectivity index (χ1v) is 6.40. The van der Waals surface area contributed by atoms with E-state index in [0.29, 0.717) is 9.79 Å². The van der Waals surface area contributed by atoms with E-state index in [1.54, 1.807) is 0 Å². The second-order valence-electron chi connectivity index (χ2n) is 4.27. The van der Waals surface area contributed by atoms with Gasteiger partial charge in [-0.3, -0.25) is 5.10 Å². The van der Waals surface area contributed by atoms with Crippen LogP contribution in [0.4, 0.5) is 0 Å². The lowest BCUT2D eigenvalue weighted by atomic mass is 10.0. The average molecular weight is 263 g/mol. The number of nitrogens with zero attached hydrogens (tertiary/aromatic N) is 1. The van der Waals surface area contributed by atoms with Crippen molar-refractivity contribution in [1.82, 2.24) is 10.2 Å². The largest absolute Gasteiger partial charge is 0.266 e. The lowest BCUT2D eigenvalue weighted by molar-refractivity contribution is 0.912. The first kappa shape index (κ1) is 10.9. The molecule has 4 heteroatoms. The number of aryl methyl sites for hydroxylation is 2. The summed E-state index contributed by atoms with van der Waals surface area (Å²) in [5.41, 5.74) is 4.97. The van der Waals surface area contributed by atoms with Gasteiger partial charge in [0, 0.05) is 5.56 Å². The molecule has 0 spiro atoms. The van der Waals surface area contributed by atoms with Crippen molar-refractivity contribution in [3.05, 3.63) is 45.2 Å². The first-order chi connectivity index (χ1) is 8.24. The van der Waals surface area contributed by atoms with Crippen LogP contribution in [0.1, 0.15) is 17.5 Å². The van der Waals surface area contributed by atoms with Gasteiger partial charge in [-0.05, 0) is 42.0 Å². The third-order valence-corrected chi connectivity index (χ3v) is 3.69. The van der Waals surface area contributed by atoms with Crippen molar-refractivity contribution >= 4 is 23.8 Å². The van der Waals surface area contributed by atoms with Crippen LogP contribution in [-0.2, 0) is 12.8 Å². The number of H-pyrrole nitrogens is 1. The molecule has 0 fully saturated rings. The number of fused-ring (bicyclic) bond motifs is 1. The molecule has 0 amide bonds. The summed E-state index contributed by atoms with van der Waals surface area (Å²) in [6, 6.07) is 8.34. The van der Waals surface area contributed by atoms with Gasteiger partial charge in [0.25, 0.3) is 0 Å². The molecule has 17 heavy (non-hydrogen) atoms. The SMILES string of the molecule is S=c1[nH]nc(Cl)cc1-c1ccc2c(c1)CCC2. The minimum atomic E-state index is 0.439. The van der Waals surface area contributed by atoms with Gasteiger partial charge < -0.3 is 0 Å². The van der Waals surface area contributed by atoms with E-state index in [-0.39, 0.29) is 0 Å². The van der Waals surface area contributed by atoms with Gasteiger partial charge in [-0.1, -0.05) is 42.0 Å². The van der Waals surface area contributed by atoms with Gasteiger partial charge in [-0.15, -0.1) is 0 Å². The molecule has 0 saturated carbocycles. The topological polar surface area (TPSA) is 28.7 Å². The lowest BCUT2D eigenvalue weighted by Gasteiger charge is -2.05. The third kappa shape index (κ3) is 2.01. The number of benzene rings is 1. The number of aromatic nitrogens is 2. The third-order valence-electron chi connectivity index (χ3n) is 3.18. The Balaban J connectivity index is 2.15. The quantitative estimate of drug-likeness (QED) is 0.789. The molecule has 1 aromatic heterocycles. The molecule has 2 nitrogen and oxygen atoms in total. The maximum atomic E-state index is 5.90. The van der Waals surface area contributed by atoms with Crippen molar-refractivity contribution in [3.63, 3.8) is 0 Å². The molecule has 3 rings (SSSR count). The van der Waals surface area contributed by atoms with Crippen LogP contribution in [0, 0.1) is 4.64 Å². The highest BCUT2D eigenvalue weighted by atomic mass is 35.5. The van der Waals surface area contributed by atoms with Gasteiger partial charge in [0.1, 0.15) is 9.79 Å². The molecule has 0 bridgehead atoms. The molecule has 0 aliphatic heterocycles. The molecule has 0 atom stereocenters. The summed E-state index contributed by atoms with van der Waals surface area (Å²) in [6.07, 6.45) is 3.61. The maximum absolute atomic E-state index is 5.90. The van der Waals surface area contributed by atoms with Crippen LogP contribution in [0.15, 0.2) is 24.3 Å². The van der Waals surface area contributed by atoms with E-state index in [0.717, 1.165) is 11.1 Å². The van der Waals surface area contributed by atoms with E-state index in [2.05, 4.69) is 28.4 Å². The number of hydrogen-bond acceptors (Lipinski definition) is 2. The summed E-state index contributed by atoms with van der Waals surface area (Å²) in [6.45, 7) is 0. The molecule has 1 aliphatic carbocycles. The molecular weight excluding hydrogens is 252 g/mol. The smallest absolute Gasteiger partial charge is 0.150 e. The summed E-state index contributed by atoms with van der Waals surface area (Å²) in [5, 5.41) is 7.08. The Morgan fingerprint density at radius 3 is 2.88 bits per heavy atom. The molecule has 2 aromatic rings. The summed E-state index contributed by atoms with van der Waals surface area (Å²) in [4.78, 5) is 0. The maximum Gasteiger partial charge on any atom is 0.150 e. The highest BCUT2D eigenvalue weighted by Gasteiger charge is 2.12. The van der Waals surface area contributed by atoms with Crippen LogP contribution in [0.25, 0.3) is 11.1 Å². The van der Waals surface area contributed by atoms with Crippen molar-refractivity contribution in [3.8, 4) is 11.1 Å². The zero-order valence-electron chi connectivity index (χ0n) is 9.16. The zero-order valence-corrected chi connectivity index (χ0v) is 10.7. The van der Waals surface area contributed by atoms with Gasteiger partial charge in [-0.25, -0.2) is 0 Å². The van der Waals surface area contributed by atoms with Crippen LogP contribution in [0.3, 0.4) is 0 Å². The minimum absolute atomic E-state index is 0.439. The highest BCUT2D eigenvalue weighted by Crippen LogP contribution is 2.28. The molecule has 1 aliphatic rings. The van der Waals surface area contributed by atoms with E-state index in [1.807, 2.05) is 6.07 Å². The van der Waals surface area contributed by atoms with E-state index >= 15 is 0 Å². The van der Waals surface area contributed by atoms with E-state index in [4.69, 9.17) is 23.8 Å². The fourth-order valence-corrected chi connectivity index (χ4v) is 2.71. The van der Waals surface area contributed by atoms with Crippen molar-refractivity contribution in [2.24, 2.45) is 0 Å². The highest BCUT2D eigenvalue weighted by molar-refractivity contribution is 7.71. The number of nitrogens with one attached hydrogen (secondary N) is 1. The Hall–Kier alpha value is -1.19. The Bertz CT molecular complexity index is 634. The molecule has 1 heterocycles. The molecule has 86 valence electrons. The predicted molar refractivity (Wildman–Crippen MR) is 71.9 cm³/mol. The van der Waals surface area contributed by atoms with E-state index < -0.39 is 0 Å². The second kappa shape index (κ2) is 4.24. The van der Waals surface area contributed by atoms with Crippen molar-refractivity contribution < 1.29 is 0 Å². The van der Waals surface area contributed by atoms with Crippen LogP contribution in [0.2, 0.25) is 5.15 Å². The van der Waals surface area contributed by atoms with Crippen molar-refractivity contribution in [1.29, 1.82) is 0 Å². The summed E-state index contributed by atoms with van der Waals surface area (Å²) in [7, 11) is 0. The lowest BCUT2D eigenvalue weighted by Crippen LogP contribution is -1.89. The van der Waals surface area contributed by atoms with Gasteiger partial charge in [0.15, 0.2) is 0 Å². The van der Waals surface area contributed by atoms with Crippen LogP contribution in [0.5, 0.6) is 0 Å². The standard InChI is InChI=1S/C13H11ClN2S/c14-12-7-11(13(17)16-15-12)10-5-4-8-2-1-3-9(8)6-10/h4-7H,1-3H2,(H,16,17). The first-order valence-electron chi connectivity index (χ1n) is 5.61. The number of hydrogen-bond donors (Lipinski definition) is 1. The van der Waals surface area contributed by atoms with Gasteiger partial charge in [-0.2, -0.15) is 5.10 Å². The predicted octanol–water partition coefficient (Wildman–Crippen LogP) is 3.95. The van der Waals surface area contributed by atoms with Crippen molar-refractivity contribution in [2.75, 3.05) is 0 Å². The zero-order chi connectivity index (χ0) is 11.8. The molecular formula is C13H11ClN2S. The van der Waals surface area contributed by atoms with Crippen LogP contribution in [-0.4, -0.2) is 10.2 Å². The Labute approximate surface area is 110 Å². The van der Waals surface area contributed by atoms with Gasteiger partial charge >= 0.3 is 0 Å². The molecule has 1 N–H and O–H groups in total. The average Bonchev–Trinajstić information content (AvgIpc) is 2.79. The van der Waals surface area contributed by atoms with Crippen LogP contribution < -0.4 is 0 Å². The Morgan fingerprint density at radius 1 is 1.18 bits per heavy atom. The summed E-state index contributed by atoms with van der Waals surface area (Å²) < 4.78 is 0.632. The Morgan fingerprint density at radius 2 is 2.00 bits per heavy atom. The molecule has 0 unspecified atom stereocenters. The molecule has 0 saturated heterocycles. The summed E-state index contributed by atoms with van der Waals surface area (Å²) >= 11 is 11.1. The number of aromatic amines is 1. The number of halogens is 1. The van der Waals surface area contributed by atoms with Crippen molar-refractivity contribution in [2.45, 2.75) is 19.3 Å². The summed E-state index contributed by atoms with van der Waals surface area (Å²) in [5.74, 6) is 0. The molecule has 0 radical (unpaired) electrons.